The largest absolute Gasteiger partial charge is 0.480 e. The second kappa shape index (κ2) is 5.84. The molecule has 5 nitrogen and oxygen atoms in total. The molecule has 19 heavy (non-hydrogen) atoms. The maximum absolute atomic E-state index is 12.3. The molecule has 0 saturated carbocycles. The quantitative estimate of drug-likeness (QED) is 0.894. The molecule has 0 bridgehead atoms. The number of benzene rings is 1. The standard InChI is InChI=1S/C14H17NO4/c1-19-9-10-4-2-5-11(8-10)13(16)15-7-3-6-12(15)14(17)18/h2,4-5,8,12H,3,6-7,9H2,1H3,(H,17,18)/t12-/m1/s1. The molecule has 1 atom stereocenters. The topological polar surface area (TPSA) is 66.8 Å². The van der Waals surface area contributed by atoms with Gasteiger partial charge in [0.25, 0.3) is 5.91 Å². The summed E-state index contributed by atoms with van der Waals surface area (Å²) in [5.74, 6) is -1.15. The van der Waals surface area contributed by atoms with E-state index in [-0.39, 0.29) is 5.91 Å². The maximum atomic E-state index is 12.3. The number of ether oxygens (including phenoxy) is 1. The first-order chi connectivity index (χ1) is 9.13. The van der Waals surface area contributed by atoms with Crippen molar-refractivity contribution in [2.45, 2.75) is 25.5 Å². The molecule has 1 aromatic carbocycles. The van der Waals surface area contributed by atoms with Crippen molar-refractivity contribution in [3.8, 4) is 0 Å². The molecule has 1 saturated heterocycles. The number of carboxylic acid groups (broad SMARTS) is 1. The van der Waals surface area contributed by atoms with Crippen LogP contribution in [0.5, 0.6) is 0 Å². The van der Waals surface area contributed by atoms with Crippen LogP contribution < -0.4 is 0 Å². The van der Waals surface area contributed by atoms with Crippen molar-refractivity contribution in [1.82, 2.24) is 4.90 Å². The van der Waals surface area contributed by atoms with Crippen molar-refractivity contribution in [3.05, 3.63) is 35.4 Å². The van der Waals surface area contributed by atoms with Gasteiger partial charge in [0, 0.05) is 19.2 Å². The Labute approximate surface area is 111 Å². The third-order valence-electron chi connectivity index (χ3n) is 3.28. The van der Waals surface area contributed by atoms with Crippen LogP contribution in [0.15, 0.2) is 24.3 Å². The molecule has 0 aromatic heterocycles. The Kier molecular flexibility index (Phi) is 4.16. The average Bonchev–Trinajstić information content (AvgIpc) is 2.88. The number of aliphatic carboxylic acids is 1. The number of rotatable bonds is 4. The van der Waals surface area contributed by atoms with Gasteiger partial charge in [-0.1, -0.05) is 12.1 Å². The zero-order chi connectivity index (χ0) is 13.8. The Morgan fingerprint density at radius 3 is 2.95 bits per heavy atom. The minimum atomic E-state index is -0.932. The van der Waals surface area contributed by atoms with Crippen LogP contribution in [0.25, 0.3) is 0 Å². The van der Waals surface area contributed by atoms with E-state index in [1.165, 1.54) is 4.90 Å². The summed E-state index contributed by atoms with van der Waals surface area (Å²) in [6, 6.07) is 6.42. The molecule has 1 amide bonds. The van der Waals surface area contributed by atoms with Gasteiger partial charge in [-0.15, -0.1) is 0 Å². The Morgan fingerprint density at radius 1 is 1.47 bits per heavy atom. The molecular weight excluding hydrogens is 246 g/mol. The van der Waals surface area contributed by atoms with Crippen molar-refractivity contribution in [2.75, 3.05) is 13.7 Å². The van der Waals surface area contributed by atoms with Gasteiger partial charge in [0.1, 0.15) is 6.04 Å². The lowest BCUT2D eigenvalue weighted by Gasteiger charge is -2.21. The summed E-state index contributed by atoms with van der Waals surface area (Å²) >= 11 is 0. The van der Waals surface area contributed by atoms with Crippen LogP contribution in [0.3, 0.4) is 0 Å². The minimum Gasteiger partial charge on any atom is -0.480 e. The molecular formula is C14H17NO4. The smallest absolute Gasteiger partial charge is 0.326 e. The summed E-state index contributed by atoms with van der Waals surface area (Å²) in [5, 5.41) is 9.10. The highest BCUT2D eigenvalue weighted by Crippen LogP contribution is 2.20. The number of hydrogen-bond donors (Lipinski definition) is 1. The van der Waals surface area contributed by atoms with E-state index in [0.29, 0.717) is 25.1 Å². The number of carbonyl (C=O) groups is 2. The highest BCUT2D eigenvalue weighted by Gasteiger charge is 2.34. The lowest BCUT2D eigenvalue weighted by atomic mass is 10.1. The summed E-state index contributed by atoms with van der Waals surface area (Å²) < 4.78 is 5.03. The van der Waals surface area contributed by atoms with Crippen molar-refractivity contribution < 1.29 is 19.4 Å². The van der Waals surface area contributed by atoms with Crippen molar-refractivity contribution in [2.24, 2.45) is 0 Å². The first-order valence-corrected chi connectivity index (χ1v) is 6.25. The first kappa shape index (κ1) is 13.5. The van der Waals surface area contributed by atoms with E-state index in [0.717, 1.165) is 12.0 Å². The summed E-state index contributed by atoms with van der Waals surface area (Å²) in [6.45, 7) is 0.938. The van der Waals surface area contributed by atoms with E-state index in [4.69, 9.17) is 9.84 Å². The Hall–Kier alpha value is -1.88. The van der Waals surface area contributed by atoms with Crippen LogP contribution in [0.2, 0.25) is 0 Å². The Bertz CT molecular complexity index is 486. The predicted octanol–water partition coefficient (Wildman–Crippen LogP) is 1.52. The molecule has 1 aliphatic rings. The molecule has 1 heterocycles. The molecule has 102 valence electrons. The maximum Gasteiger partial charge on any atom is 0.326 e. The van der Waals surface area contributed by atoms with E-state index in [1.807, 2.05) is 6.07 Å². The monoisotopic (exact) mass is 263 g/mol. The molecule has 1 aromatic rings. The van der Waals surface area contributed by atoms with E-state index in [2.05, 4.69) is 0 Å². The molecule has 0 radical (unpaired) electrons. The second-order valence-electron chi connectivity index (χ2n) is 4.63. The molecule has 2 rings (SSSR count). The number of nitrogens with zero attached hydrogens (tertiary/aromatic N) is 1. The fourth-order valence-electron chi connectivity index (χ4n) is 2.39. The van der Waals surface area contributed by atoms with Gasteiger partial charge in [0.2, 0.25) is 0 Å². The molecule has 5 heteroatoms. The zero-order valence-electron chi connectivity index (χ0n) is 10.8. The minimum absolute atomic E-state index is 0.220. The fourth-order valence-corrected chi connectivity index (χ4v) is 2.39. The van der Waals surface area contributed by atoms with Crippen LogP contribution >= 0.6 is 0 Å². The summed E-state index contributed by atoms with van der Waals surface area (Å²) in [4.78, 5) is 24.9. The van der Waals surface area contributed by atoms with Gasteiger partial charge >= 0.3 is 5.97 Å². The van der Waals surface area contributed by atoms with Crippen molar-refractivity contribution in [1.29, 1.82) is 0 Å². The van der Waals surface area contributed by atoms with Crippen LogP contribution in [-0.4, -0.2) is 41.6 Å². The predicted molar refractivity (Wildman–Crippen MR) is 68.8 cm³/mol. The van der Waals surface area contributed by atoms with E-state index in [1.54, 1.807) is 25.3 Å². The zero-order valence-corrected chi connectivity index (χ0v) is 10.8. The highest BCUT2D eigenvalue weighted by atomic mass is 16.5. The number of carboxylic acids is 1. The third-order valence-corrected chi connectivity index (χ3v) is 3.28. The summed E-state index contributed by atoms with van der Waals surface area (Å²) in [5.41, 5.74) is 1.42. The van der Waals surface area contributed by atoms with Crippen LogP contribution in [0.4, 0.5) is 0 Å². The molecule has 1 aliphatic heterocycles. The van der Waals surface area contributed by atoms with Crippen LogP contribution in [-0.2, 0) is 16.1 Å². The normalized spacial score (nSPS) is 18.6. The Morgan fingerprint density at radius 2 is 2.26 bits per heavy atom. The first-order valence-electron chi connectivity index (χ1n) is 6.25. The van der Waals surface area contributed by atoms with E-state index < -0.39 is 12.0 Å². The molecule has 0 aliphatic carbocycles. The van der Waals surface area contributed by atoms with Crippen LogP contribution in [0.1, 0.15) is 28.8 Å². The number of likely N-dealkylation sites (tertiary alicyclic amines) is 1. The fraction of sp³-hybridized carbons (Fsp3) is 0.429. The van der Waals surface area contributed by atoms with Gasteiger partial charge in [-0.3, -0.25) is 4.79 Å². The summed E-state index contributed by atoms with van der Waals surface area (Å²) in [6.07, 6.45) is 1.26. The number of hydrogen-bond acceptors (Lipinski definition) is 3. The van der Waals surface area contributed by atoms with Gasteiger partial charge < -0.3 is 14.7 Å². The van der Waals surface area contributed by atoms with Gasteiger partial charge in [-0.05, 0) is 30.5 Å². The molecule has 0 spiro atoms. The van der Waals surface area contributed by atoms with Gasteiger partial charge in [0.05, 0.1) is 6.61 Å². The van der Waals surface area contributed by atoms with E-state index in [9.17, 15) is 9.59 Å². The van der Waals surface area contributed by atoms with Crippen molar-refractivity contribution in [3.63, 3.8) is 0 Å². The molecule has 1 N–H and O–H groups in total. The number of amides is 1. The van der Waals surface area contributed by atoms with Gasteiger partial charge in [0.15, 0.2) is 0 Å². The van der Waals surface area contributed by atoms with Gasteiger partial charge in [-0.25, -0.2) is 4.79 Å². The Balaban J connectivity index is 2.19. The van der Waals surface area contributed by atoms with Crippen molar-refractivity contribution >= 4 is 11.9 Å². The average molecular weight is 263 g/mol. The lowest BCUT2D eigenvalue weighted by molar-refractivity contribution is -0.141. The lowest BCUT2D eigenvalue weighted by Crippen LogP contribution is -2.40. The third kappa shape index (κ3) is 2.93. The number of carbonyl (C=O) groups excluding carboxylic acids is 1. The molecule has 0 unspecified atom stereocenters. The SMILES string of the molecule is COCc1cccc(C(=O)N2CCC[C@@H]2C(=O)O)c1. The molecule has 1 fully saturated rings. The van der Waals surface area contributed by atoms with E-state index >= 15 is 0 Å². The highest BCUT2D eigenvalue weighted by molar-refractivity contribution is 5.97. The van der Waals surface area contributed by atoms with Gasteiger partial charge in [-0.2, -0.15) is 0 Å². The summed E-state index contributed by atoms with van der Waals surface area (Å²) in [7, 11) is 1.59. The number of methoxy groups -OCH3 is 1. The van der Waals surface area contributed by atoms with Crippen LogP contribution in [0, 0.1) is 0 Å². The second-order valence-corrected chi connectivity index (χ2v) is 4.63.